The van der Waals surface area contributed by atoms with Crippen LogP contribution in [0.15, 0.2) is 53.8 Å². The third kappa shape index (κ3) is 3.92. The van der Waals surface area contributed by atoms with Crippen molar-refractivity contribution in [1.29, 1.82) is 0 Å². The molecule has 148 valence electrons. The number of phenolic OH excluding ortho intramolecular Hbond substituents is 1. The Labute approximate surface area is 161 Å². The zero-order valence-electron chi connectivity index (χ0n) is 15.0. The van der Waals surface area contributed by atoms with Gasteiger partial charge in [-0.05, 0) is 35.4 Å². The van der Waals surface area contributed by atoms with Gasteiger partial charge in [0.15, 0.2) is 0 Å². The summed E-state index contributed by atoms with van der Waals surface area (Å²) in [6, 6.07) is 6.22. The van der Waals surface area contributed by atoms with Crippen molar-refractivity contribution in [2.45, 2.75) is 12.4 Å². The molecular weight excluding hydrogens is 368 g/mol. The van der Waals surface area contributed by atoms with Gasteiger partial charge in [0.2, 0.25) is 6.29 Å². The largest absolute Gasteiger partial charge is 0.508 e. The van der Waals surface area contributed by atoms with E-state index in [-0.39, 0.29) is 17.9 Å². The summed E-state index contributed by atoms with van der Waals surface area (Å²) in [5.41, 5.74) is 1.20. The number of fused-ring (bicyclic) bond motifs is 1. The molecule has 3 rings (SSSR count). The zero-order valence-corrected chi connectivity index (χ0v) is 15.0. The van der Waals surface area contributed by atoms with Crippen LogP contribution >= 0.6 is 0 Å². The van der Waals surface area contributed by atoms with E-state index >= 15 is 0 Å². The van der Waals surface area contributed by atoms with Gasteiger partial charge in [-0.25, -0.2) is 9.59 Å². The summed E-state index contributed by atoms with van der Waals surface area (Å²) in [5.74, 6) is -2.70. The summed E-state index contributed by atoms with van der Waals surface area (Å²) >= 11 is 0. The number of carbonyl (C=O) groups excluding carboxylic acids is 2. The molecule has 1 aromatic carbocycles. The molecule has 0 radical (unpaired) electrons. The summed E-state index contributed by atoms with van der Waals surface area (Å²) in [4.78, 5) is 24.3. The van der Waals surface area contributed by atoms with Crippen LogP contribution in [0.3, 0.4) is 0 Å². The van der Waals surface area contributed by atoms with Crippen molar-refractivity contribution >= 4 is 18.0 Å². The van der Waals surface area contributed by atoms with E-state index < -0.39 is 36.2 Å². The van der Waals surface area contributed by atoms with Crippen LogP contribution in [0.2, 0.25) is 0 Å². The van der Waals surface area contributed by atoms with Gasteiger partial charge in [0.1, 0.15) is 11.9 Å². The molecule has 0 aromatic heterocycles. The van der Waals surface area contributed by atoms with Crippen molar-refractivity contribution in [1.82, 2.24) is 0 Å². The maximum Gasteiger partial charge on any atom is 0.337 e. The number of carbonyl (C=O) groups is 2. The summed E-state index contributed by atoms with van der Waals surface area (Å²) in [7, 11) is 1.21. The molecule has 3 N–H and O–H groups in total. The second-order valence-corrected chi connectivity index (χ2v) is 6.37. The number of methoxy groups -OCH3 is 1. The lowest BCUT2D eigenvalue weighted by Crippen LogP contribution is -2.40. The molecule has 4 atom stereocenters. The average molecular weight is 388 g/mol. The van der Waals surface area contributed by atoms with Crippen molar-refractivity contribution in [3.05, 3.63) is 59.4 Å². The molecule has 2 aliphatic rings. The Morgan fingerprint density at radius 2 is 1.93 bits per heavy atom. The molecular formula is C20H20O8. The van der Waals surface area contributed by atoms with Gasteiger partial charge < -0.3 is 29.5 Å². The Bertz CT molecular complexity index is 836. The van der Waals surface area contributed by atoms with Gasteiger partial charge in [-0.3, -0.25) is 0 Å². The topological polar surface area (TPSA) is 123 Å². The number of aliphatic hydroxyl groups excluding tert-OH is 2. The monoisotopic (exact) mass is 388 g/mol. The second-order valence-electron chi connectivity index (χ2n) is 6.37. The van der Waals surface area contributed by atoms with E-state index in [0.29, 0.717) is 11.1 Å². The molecule has 1 aromatic rings. The summed E-state index contributed by atoms with van der Waals surface area (Å²) in [5, 5.41) is 29.0. The van der Waals surface area contributed by atoms with Crippen LogP contribution in [0.5, 0.6) is 5.75 Å². The number of aliphatic hydroxyl groups is 2. The Morgan fingerprint density at radius 3 is 2.57 bits per heavy atom. The van der Waals surface area contributed by atoms with Crippen molar-refractivity contribution in [3.8, 4) is 5.75 Å². The Kier molecular flexibility index (Phi) is 5.81. The quantitative estimate of drug-likeness (QED) is 0.386. The smallest absolute Gasteiger partial charge is 0.337 e. The minimum absolute atomic E-state index is 0.109. The van der Waals surface area contributed by atoms with Gasteiger partial charge in [0.05, 0.1) is 31.5 Å². The maximum absolute atomic E-state index is 12.3. The Morgan fingerprint density at radius 1 is 1.21 bits per heavy atom. The minimum atomic E-state index is -1.28. The van der Waals surface area contributed by atoms with Crippen molar-refractivity contribution < 1.29 is 39.1 Å². The first kappa shape index (κ1) is 19.7. The highest BCUT2D eigenvalue weighted by atomic mass is 16.6. The second kappa shape index (κ2) is 8.28. The standard InChI is InChI=1S/C20H20O8/c1-26-19(24)14-10-27-20(25)17-12(9-21)8-15(18(14)17)28-16(23)7-4-11-2-5-13(22)6-3-11/h2-8,10,15,17-18,20-22,25H,9H2,1H3/b7-4-/t15-,17+,18+,20-/m0/s1. The van der Waals surface area contributed by atoms with Crippen LogP contribution in [-0.2, 0) is 23.8 Å². The number of rotatable bonds is 5. The van der Waals surface area contributed by atoms with Crippen molar-refractivity contribution in [2.75, 3.05) is 13.7 Å². The van der Waals surface area contributed by atoms with E-state index in [1.807, 2.05) is 0 Å². The molecule has 0 saturated carbocycles. The van der Waals surface area contributed by atoms with Crippen LogP contribution < -0.4 is 0 Å². The van der Waals surface area contributed by atoms with Crippen LogP contribution in [0.4, 0.5) is 0 Å². The van der Waals surface area contributed by atoms with E-state index in [4.69, 9.17) is 14.2 Å². The van der Waals surface area contributed by atoms with Crippen LogP contribution in [-0.4, -0.2) is 53.4 Å². The predicted molar refractivity (Wildman–Crippen MR) is 96.4 cm³/mol. The Balaban J connectivity index is 1.79. The fourth-order valence-corrected chi connectivity index (χ4v) is 3.39. The molecule has 8 heteroatoms. The Hall–Kier alpha value is -3.10. The third-order valence-electron chi connectivity index (χ3n) is 4.71. The number of hydrogen-bond donors (Lipinski definition) is 3. The lowest BCUT2D eigenvalue weighted by Gasteiger charge is -2.33. The molecule has 1 heterocycles. The van der Waals surface area contributed by atoms with Gasteiger partial charge in [-0.1, -0.05) is 12.1 Å². The van der Waals surface area contributed by atoms with E-state index in [1.165, 1.54) is 37.5 Å². The maximum atomic E-state index is 12.3. The number of phenols is 1. The summed E-state index contributed by atoms with van der Waals surface area (Å²) in [6.45, 7) is -0.382. The van der Waals surface area contributed by atoms with Gasteiger partial charge in [-0.2, -0.15) is 0 Å². The molecule has 0 saturated heterocycles. The van der Waals surface area contributed by atoms with Crippen molar-refractivity contribution in [3.63, 3.8) is 0 Å². The number of ether oxygens (including phenoxy) is 3. The van der Waals surface area contributed by atoms with Gasteiger partial charge >= 0.3 is 11.9 Å². The van der Waals surface area contributed by atoms with E-state index in [9.17, 15) is 24.9 Å². The molecule has 0 spiro atoms. The highest BCUT2D eigenvalue weighted by molar-refractivity contribution is 5.90. The van der Waals surface area contributed by atoms with E-state index in [2.05, 4.69) is 0 Å². The fourth-order valence-electron chi connectivity index (χ4n) is 3.39. The molecule has 1 aliphatic heterocycles. The minimum Gasteiger partial charge on any atom is -0.508 e. The molecule has 0 amide bonds. The number of hydrogen-bond acceptors (Lipinski definition) is 8. The summed E-state index contributed by atoms with van der Waals surface area (Å²) < 4.78 is 15.3. The van der Waals surface area contributed by atoms with Crippen LogP contribution in [0.25, 0.3) is 6.08 Å². The molecule has 0 fully saturated rings. The normalized spacial score (nSPS) is 26.1. The molecule has 0 unspecified atom stereocenters. The molecule has 28 heavy (non-hydrogen) atoms. The van der Waals surface area contributed by atoms with Gasteiger partial charge in [-0.15, -0.1) is 0 Å². The van der Waals surface area contributed by atoms with E-state index in [0.717, 1.165) is 6.26 Å². The zero-order chi connectivity index (χ0) is 20.3. The molecule has 0 bridgehead atoms. The first-order valence-electron chi connectivity index (χ1n) is 8.55. The SMILES string of the molecule is COC(=O)C1=CO[C@H](O)[C@@H]2C(CO)=C[C@H](OC(=O)/C=C\c3ccc(O)cc3)[C@@H]12. The highest BCUT2D eigenvalue weighted by Gasteiger charge is 2.49. The predicted octanol–water partition coefficient (Wildman–Crippen LogP) is 0.887. The lowest BCUT2D eigenvalue weighted by molar-refractivity contribution is -0.153. The number of benzene rings is 1. The fraction of sp³-hybridized carbons (Fsp3) is 0.300. The number of esters is 2. The average Bonchev–Trinajstić information content (AvgIpc) is 3.06. The molecule has 8 nitrogen and oxygen atoms in total. The first-order valence-corrected chi connectivity index (χ1v) is 8.55. The lowest BCUT2D eigenvalue weighted by atomic mass is 9.82. The third-order valence-corrected chi connectivity index (χ3v) is 4.71. The van der Waals surface area contributed by atoms with E-state index in [1.54, 1.807) is 12.1 Å². The molecule has 1 aliphatic carbocycles. The summed E-state index contributed by atoms with van der Waals surface area (Å²) in [6.07, 6.45) is 3.17. The number of aromatic hydroxyl groups is 1. The highest BCUT2D eigenvalue weighted by Crippen LogP contribution is 2.44. The van der Waals surface area contributed by atoms with Crippen molar-refractivity contribution in [2.24, 2.45) is 11.8 Å². The van der Waals surface area contributed by atoms with Crippen LogP contribution in [0.1, 0.15) is 5.56 Å². The first-order chi connectivity index (χ1) is 13.4. The van der Waals surface area contributed by atoms with Gasteiger partial charge in [0, 0.05) is 12.0 Å². The van der Waals surface area contributed by atoms with Crippen LogP contribution in [0, 0.1) is 11.8 Å². The van der Waals surface area contributed by atoms with Gasteiger partial charge in [0.25, 0.3) is 0 Å².